The quantitative estimate of drug-likeness (QED) is 0.167. The molecule has 0 saturated heterocycles. The molecule has 26 heavy (non-hydrogen) atoms. The summed E-state index contributed by atoms with van der Waals surface area (Å²) in [4.78, 5) is 0.238. The van der Waals surface area contributed by atoms with Gasteiger partial charge in [0, 0.05) is 0 Å². The summed E-state index contributed by atoms with van der Waals surface area (Å²) >= 11 is 1.27. The van der Waals surface area contributed by atoms with Gasteiger partial charge in [0.2, 0.25) is 0 Å². The van der Waals surface area contributed by atoms with Gasteiger partial charge in [0.1, 0.15) is 0 Å². The minimum Gasteiger partial charge on any atom is -0.266 e. The topological polar surface area (TPSA) is 43.4 Å². The molecule has 0 N–H and O–H groups in total. The molecule has 5 heteroatoms. The zero-order chi connectivity index (χ0) is 19.5. The summed E-state index contributed by atoms with van der Waals surface area (Å²) in [7, 11) is -3.57. The summed E-state index contributed by atoms with van der Waals surface area (Å²) in [6.07, 6.45) is 14.2. The second kappa shape index (κ2) is 18.2. The summed E-state index contributed by atoms with van der Waals surface area (Å²) in [5.41, 5.74) is 0. The molecular formula is C21H35NaO3S. The van der Waals surface area contributed by atoms with Crippen LogP contribution in [-0.4, -0.2) is 43.0 Å². The summed E-state index contributed by atoms with van der Waals surface area (Å²) < 4.78 is 30.0. The van der Waals surface area contributed by atoms with E-state index in [-0.39, 0.29) is 11.5 Å². The van der Waals surface area contributed by atoms with Crippen LogP contribution in [0.3, 0.4) is 0 Å². The maximum atomic E-state index is 11.9. The van der Waals surface area contributed by atoms with E-state index in [9.17, 15) is 8.42 Å². The van der Waals surface area contributed by atoms with E-state index in [4.69, 9.17) is 4.18 Å². The van der Waals surface area contributed by atoms with Gasteiger partial charge in [-0.3, -0.25) is 4.18 Å². The van der Waals surface area contributed by atoms with E-state index >= 15 is 0 Å². The Morgan fingerprint density at radius 1 is 0.923 bits per heavy atom. The minimum atomic E-state index is -3.57. The van der Waals surface area contributed by atoms with Crippen molar-refractivity contribution in [2.75, 3.05) is 6.61 Å². The van der Waals surface area contributed by atoms with Crippen LogP contribution < -0.4 is 0 Å². The maximum Gasteiger partial charge on any atom is 0.296 e. The zero-order valence-corrected chi connectivity index (χ0v) is 19.6. The van der Waals surface area contributed by atoms with Crippen LogP contribution in [0.2, 0.25) is 3.67 Å². The van der Waals surface area contributed by atoms with Crippen molar-refractivity contribution in [2.45, 2.75) is 79.7 Å². The Morgan fingerprint density at radius 3 is 1.85 bits per heavy atom. The molecule has 1 rings (SSSR count). The van der Waals surface area contributed by atoms with Gasteiger partial charge in [-0.05, 0) is 18.6 Å². The van der Waals surface area contributed by atoms with Gasteiger partial charge in [-0.2, -0.15) is 8.42 Å². The molecule has 0 unspecified atom stereocenters. The first-order valence-electron chi connectivity index (χ1n) is 10.1. The van der Waals surface area contributed by atoms with Crippen LogP contribution in [-0.2, 0) is 14.3 Å². The first kappa shape index (κ1) is 25.9. The molecule has 0 spiro atoms. The van der Waals surface area contributed by atoms with Crippen molar-refractivity contribution < 1.29 is 12.6 Å². The van der Waals surface area contributed by atoms with Gasteiger partial charge in [0.05, 0.1) is 11.5 Å². The maximum absolute atomic E-state index is 11.9. The summed E-state index contributed by atoms with van der Waals surface area (Å²) in [6, 6.07) is 8.33. The molecule has 1 aromatic rings. The Labute approximate surface area is 179 Å². The minimum absolute atomic E-state index is 0.238. The van der Waals surface area contributed by atoms with E-state index in [1.54, 1.807) is 30.3 Å². The number of unbranched alkanes of at least 4 members (excludes halogenated alkanes) is 9. The van der Waals surface area contributed by atoms with Crippen LogP contribution in [0.25, 0.3) is 0 Å². The fraction of sp³-hybridized carbons (Fsp3) is 0.619. The van der Waals surface area contributed by atoms with E-state index in [2.05, 4.69) is 13.5 Å². The van der Waals surface area contributed by atoms with Crippen molar-refractivity contribution in [3.8, 4) is 0 Å². The summed E-state index contributed by atoms with van der Waals surface area (Å²) in [5.74, 6) is 0. The normalized spacial score (nSPS) is 10.9. The molecule has 144 valence electrons. The van der Waals surface area contributed by atoms with Crippen LogP contribution in [0.1, 0.15) is 71.1 Å². The third-order valence-electron chi connectivity index (χ3n) is 4.06. The monoisotopic (exact) mass is 390 g/mol. The number of rotatable bonds is 14. The molecule has 0 aliphatic rings. The second-order valence-corrected chi connectivity index (χ2v) is 8.90. The van der Waals surface area contributed by atoms with Crippen molar-refractivity contribution in [3.63, 3.8) is 0 Å². The molecular weight excluding hydrogens is 355 g/mol. The molecule has 0 radical (unpaired) electrons. The first-order chi connectivity index (χ1) is 12.6. The van der Waals surface area contributed by atoms with Crippen LogP contribution >= 0.6 is 0 Å². The first-order valence-corrected chi connectivity index (χ1v) is 13.0. The van der Waals surface area contributed by atoms with Crippen LogP contribution in [0, 0.1) is 0 Å². The average Bonchev–Trinajstić information content (AvgIpc) is 2.67. The van der Waals surface area contributed by atoms with Crippen molar-refractivity contribution in [2.24, 2.45) is 0 Å². The van der Waals surface area contributed by atoms with Gasteiger partial charge in [-0.1, -0.05) is 82.9 Å². The fourth-order valence-corrected chi connectivity index (χ4v) is 3.38. The van der Waals surface area contributed by atoms with Crippen LogP contribution in [0.15, 0.2) is 47.9 Å². The molecule has 0 aliphatic heterocycles. The Bertz CT molecular complexity index is 529. The second-order valence-electron chi connectivity index (χ2n) is 6.47. The third kappa shape index (κ3) is 15.0. The summed E-state index contributed by atoms with van der Waals surface area (Å²) in [6.45, 7) is 6.04. The van der Waals surface area contributed by atoms with Crippen LogP contribution in [0.4, 0.5) is 0 Å². The molecule has 0 aromatic heterocycles. The molecule has 0 aliphatic carbocycles. The van der Waals surface area contributed by atoms with E-state index in [1.807, 2.05) is 6.08 Å². The largest absolute Gasteiger partial charge is 0.296 e. The zero-order valence-electron chi connectivity index (χ0n) is 16.8. The number of benzene rings is 1. The molecule has 0 saturated carbocycles. The van der Waals surface area contributed by atoms with Gasteiger partial charge >= 0.3 is 44.3 Å². The number of hydrogen-bond donors (Lipinski definition) is 0. The molecule has 3 nitrogen and oxygen atoms in total. The molecule has 0 bridgehead atoms. The van der Waals surface area contributed by atoms with Crippen molar-refractivity contribution in [1.29, 1.82) is 0 Å². The molecule has 0 fully saturated rings. The van der Waals surface area contributed by atoms with E-state index < -0.39 is 10.1 Å². The molecule has 0 heterocycles. The predicted molar refractivity (Wildman–Crippen MR) is 112 cm³/mol. The third-order valence-corrected chi connectivity index (χ3v) is 5.96. The fourth-order valence-electron chi connectivity index (χ4n) is 2.41. The van der Waals surface area contributed by atoms with Crippen molar-refractivity contribution in [3.05, 3.63) is 43.0 Å². The van der Waals surface area contributed by atoms with Crippen molar-refractivity contribution >= 4 is 38.0 Å². The summed E-state index contributed by atoms with van der Waals surface area (Å²) in [5, 5.41) is 0. The van der Waals surface area contributed by atoms with Gasteiger partial charge in [0.15, 0.2) is 0 Å². The number of hydrogen-bond acceptors (Lipinski definition) is 3. The smallest absolute Gasteiger partial charge is 0.266 e. The number of allylic oxidation sites excluding steroid dienone is 1. The van der Waals surface area contributed by atoms with Crippen molar-refractivity contribution in [1.82, 2.24) is 0 Å². The van der Waals surface area contributed by atoms with Gasteiger partial charge in [-0.15, -0.1) is 0 Å². The SMILES string of the molecule is C=C[CH2][Na].CCCCCCCCCCCCOS(=O)(=O)c1ccccc1. The Hall–Kier alpha value is -0.130. The Balaban J connectivity index is 0.00000141. The van der Waals surface area contributed by atoms with E-state index in [1.165, 1.54) is 83.0 Å². The molecule has 0 amide bonds. The standard InChI is InChI=1S/C18H30O3S.C3H5.Na/c1-2-3-4-5-6-7-8-9-10-14-17-21-22(19,20)18-15-12-11-13-16-18;1-3-2;/h11-13,15-16H,2-10,14,17H2,1H3;3H,1-2H2;. The Morgan fingerprint density at radius 2 is 1.38 bits per heavy atom. The van der Waals surface area contributed by atoms with Crippen LogP contribution in [0.5, 0.6) is 0 Å². The predicted octanol–water partition coefficient (Wildman–Crippen LogP) is 6.07. The molecule has 0 atom stereocenters. The van der Waals surface area contributed by atoms with Gasteiger partial charge in [-0.25, -0.2) is 0 Å². The van der Waals surface area contributed by atoms with Gasteiger partial charge in [0.25, 0.3) is 10.1 Å². The average molecular weight is 391 g/mol. The van der Waals surface area contributed by atoms with Gasteiger partial charge < -0.3 is 0 Å². The van der Waals surface area contributed by atoms with E-state index in [0.29, 0.717) is 0 Å². The molecule has 1 aromatic carbocycles. The Kier molecular flexibility index (Phi) is 18.2. The van der Waals surface area contributed by atoms with E-state index in [0.717, 1.165) is 12.8 Å².